The van der Waals surface area contributed by atoms with Gasteiger partial charge >= 0.3 is 0 Å². The quantitative estimate of drug-likeness (QED) is 0.730. The molecule has 0 unspecified atom stereocenters. The average Bonchev–Trinajstić information content (AvgIpc) is 2.78. The number of aromatic nitrogens is 2. The molecule has 1 aromatic heterocycles. The first-order valence-corrected chi connectivity index (χ1v) is 6.56. The number of imidazole rings is 1. The second kappa shape index (κ2) is 5.11. The SMILES string of the molecule is N#Cc1ccc2[nH]c(=S)n(Cc3ccc(F)c(F)c3)c2c1. The second-order valence-corrected chi connectivity index (χ2v) is 5.00. The number of nitrogens with one attached hydrogen (secondary N) is 1. The van der Waals surface area contributed by atoms with Gasteiger partial charge in [0.1, 0.15) is 0 Å². The molecule has 0 amide bonds. The van der Waals surface area contributed by atoms with Crippen LogP contribution in [-0.2, 0) is 6.54 Å². The van der Waals surface area contributed by atoms with E-state index in [2.05, 4.69) is 11.1 Å². The molecule has 0 radical (unpaired) electrons. The minimum absolute atomic E-state index is 0.297. The fraction of sp³-hybridized carbons (Fsp3) is 0.0667. The van der Waals surface area contributed by atoms with Gasteiger partial charge in [-0.3, -0.25) is 0 Å². The number of H-pyrrole nitrogens is 1. The Morgan fingerprint density at radius 2 is 1.95 bits per heavy atom. The zero-order valence-electron chi connectivity index (χ0n) is 10.7. The van der Waals surface area contributed by atoms with Crippen LogP contribution < -0.4 is 0 Å². The summed E-state index contributed by atoms with van der Waals surface area (Å²) in [4.78, 5) is 3.03. The standard InChI is InChI=1S/C15H9F2N3S/c16-11-3-1-10(5-12(11)17)8-20-14-6-9(7-18)2-4-13(14)19-15(20)21/h1-6H,8H2,(H,19,21). The van der Waals surface area contributed by atoms with Gasteiger partial charge in [0.05, 0.1) is 29.2 Å². The molecule has 1 heterocycles. The van der Waals surface area contributed by atoms with E-state index in [1.807, 2.05) is 0 Å². The molecule has 0 fully saturated rings. The molecule has 0 spiro atoms. The molecule has 0 aliphatic carbocycles. The molecule has 0 atom stereocenters. The van der Waals surface area contributed by atoms with E-state index in [1.165, 1.54) is 6.07 Å². The normalized spacial score (nSPS) is 10.7. The molecule has 2 aromatic carbocycles. The molecule has 0 aliphatic heterocycles. The molecule has 104 valence electrons. The van der Waals surface area contributed by atoms with Crippen molar-refractivity contribution in [3.05, 3.63) is 63.9 Å². The second-order valence-electron chi connectivity index (χ2n) is 4.61. The summed E-state index contributed by atoms with van der Waals surface area (Å²) in [6, 6.07) is 11.0. The van der Waals surface area contributed by atoms with E-state index in [-0.39, 0.29) is 0 Å². The van der Waals surface area contributed by atoms with Crippen molar-refractivity contribution in [2.75, 3.05) is 0 Å². The highest BCUT2D eigenvalue weighted by Gasteiger charge is 2.08. The summed E-state index contributed by atoms with van der Waals surface area (Å²) in [6.07, 6.45) is 0. The molecule has 21 heavy (non-hydrogen) atoms. The fourth-order valence-corrected chi connectivity index (χ4v) is 2.47. The smallest absolute Gasteiger partial charge is 0.178 e. The molecule has 3 nitrogen and oxygen atoms in total. The van der Waals surface area contributed by atoms with Crippen molar-refractivity contribution in [2.24, 2.45) is 0 Å². The van der Waals surface area contributed by atoms with Crippen LogP contribution in [0.25, 0.3) is 11.0 Å². The zero-order valence-corrected chi connectivity index (χ0v) is 11.5. The topological polar surface area (TPSA) is 44.5 Å². The Morgan fingerprint density at radius 3 is 2.67 bits per heavy atom. The Labute approximate surface area is 124 Å². The van der Waals surface area contributed by atoms with Crippen LogP contribution in [0.15, 0.2) is 36.4 Å². The van der Waals surface area contributed by atoms with Gasteiger partial charge in [0.2, 0.25) is 0 Å². The van der Waals surface area contributed by atoms with Gasteiger partial charge in [-0.25, -0.2) is 8.78 Å². The van der Waals surface area contributed by atoms with Crippen LogP contribution in [0.4, 0.5) is 8.78 Å². The molecule has 1 N–H and O–H groups in total. The van der Waals surface area contributed by atoms with E-state index in [9.17, 15) is 8.78 Å². The summed E-state index contributed by atoms with van der Waals surface area (Å²) >= 11 is 5.25. The maximum absolute atomic E-state index is 13.3. The molecule has 0 saturated heterocycles. The predicted octanol–water partition coefficient (Wildman–Crippen LogP) is 3.90. The predicted molar refractivity (Wildman–Crippen MR) is 77.3 cm³/mol. The lowest BCUT2D eigenvalue weighted by Gasteiger charge is -2.05. The lowest BCUT2D eigenvalue weighted by atomic mass is 10.2. The number of rotatable bonds is 2. The Kier molecular flexibility index (Phi) is 3.28. The maximum atomic E-state index is 13.3. The Balaban J connectivity index is 2.11. The van der Waals surface area contributed by atoms with Crippen LogP contribution >= 0.6 is 12.2 Å². The summed E-state index contributed by atoms with van der Waals surface area (Å²) < 4.78 is 28.5. The van der Waals surface area contributed by atoms with Crippen molar-refractivity contribution in [3.8, 4) is 6.07 Å². The van der Waals surface area contributed by atoms with E-state index in [0.29, 0.717) is 22.4 Å². The number of benzene rings is 2. The molecular formula is C15H9F2N3S. The zero-order chi connectivity index (χ0) is 15.0. The van der Waals surface area contributed by atoms with Crippen molar-refractivity contribution >= 4 is 23.3 Å². The van der Waals surface area contributed by atoms with Gasteiger partial charge in [-0.15, -0.1) is 0 Å². The molecule has 0 bridgehead atoms. The monoisotopic (exact) mass is 301 g/mol. The van der Waals surface area contributed by atoms with Crippen LogP contribution in [0.2, 0.25) is 0 Å². The van der Waals surface area contributed by atoms with Gasteiger partial charge in [-0.1, -0.05) is 6.07 Å². The summed E-state index contributed by atoms with van der Waals surface area (Å²) in [5, 5.41) is 8.96. The highest BCUT2D eigenvalue weighted by molar-refractivity contribution is 7.71. The minimum atomic E-state index is -0.892. The first-order chi connectivity index (χ1) is 10.1. The van der Waals surface area contributed by atoms with Crippen LogP contribution in [-0.4, -0.2) is 9.55 Å². The lowest BCUT2D eigenvalue weighted by molar-refractivity contribution is 0.506. The Hall–Kier alpha value is -2.52. The highest BCUT2D eigenvalue weighted by atomic mass is 32.1. The first-order valence-electron chi connectivity index (χ1n) is 6.15. The molecule has 6 heteroatoms. The molecular weight excluding hydrogens is 292 g/mol. The van der Waals surface area contributed by atoms with Crippen LogP contribution in [0, 0.1) is 27.7 Å². The van der Waals surface area contributed by atoms with Crippen LogP contribution in [0.3, 0.4) is 0 Å². The van der Waals surface area contributed by atoms with E-state index in [4.69, 9.17) is 17.5 Å². The summed E-state index contributed by atoms with van der Waals surface area (Å²) in [5.74, 6) is -1.77. The van der Waals surface area contributed by atoms with Crippen LogP contribution in [0.1, 0.15) is 11.1 Å². The summed E-state index contributed by atoms with van der Waals surface area (Å²) in [6.45, 7) is 0.297. The average molecular weight is 301 g/mol. The first kappa shape index (κ1) is 13.5. The van der Waals surface area contributed by atoms with Crippen LogP contribution in [0.5, 0.6) is 0 Å². The number of fused-ring (bicyclic) bond motifs is 1. The largest absolute Gasteiger partial charge is 0.331 e. The van der Waals surface area contributed by atoms with Gasteiger partial charge in [0, 0.05) is 0 Å². The number of aromatic amines is 1. The fourth-order valence-electron chi connectivity index (χ4n) is 2.20. The molecule has 3 aromatic rings. The summed E-state index contributed by atoms with van der Waals surface area (Å²) in [5.41, 5.74) is 2.65. The van der Waals surface area contributed by atoms with Crippen molar-refractivity contribution in [2.45, 2.75) is 6.54 Å². The minimum Gasteiger partial charge on any atom is -0.331 e. The number of halogens is 2. The van der Waals surface area contributed by atoms with E-state index >= 15 is 0 Å². The van der Waals surface area contributed by atoms with Crippen molar-refractivity contribution in [1.29, 1.82) is 5.26 Å². The van der Waals surface area contributed by atoms with Crippen molar-refractivity contribution in [3.63, 3.8) is 0 Å². The van der Waals surface area contributed by atoms with Gasteiger partial charge in [0.25, 0.3) is 0 Å². The van der Waals surface area contributed by atoms with E-state index < -0.39 is 11.6 Å². The molecule has 3 rings (SSSR count). The van der Waals surface area contributed by atoms with Gasteiger partial charge in [0.15, 0.2) is 16.4 Å². The summed E-state index contributed by atoms with van der Waals surface area (Å²) in [7, 11) is 0. The van der Waals surface area contributed by atoms with Gasteiger partial charge in [-0.2, -0.15) is 5.26 Å². The van der Waals surface area contributed by atoms with E-state index in [0.717, 1.165) is 23.2 Å². The highest BCUT2D eigenvalue weighted by Crippen LogP contribution is 2.18. The number of hydrogen-bond donors (Lipinski definition) is 1. The molecule has 0 saturated carbocycles. The third kappa shape index (κ3) is 2.43. The third-order valence-electron chi connectivity index (χ3n) is 3.23. The number of nitriles is 1. The van der Waals surface area contributed by atoms with E-state index in [1.54, 1.807) is 22.8 Å². The number of nitrogens with zero attached hydrogens (tertiary/aromatic N) is 2. The Bertz CT molecular complexity index is 934. The van der Waals surface area contributed by atoms with Gasteiger partial charge in [-0.05, 0) is 48.1 Å². The number of hydrogen-bond acceptors (Lipinski definition) is 2. The van der Waals surface area contributed by atoms with Crippen molar-refractivity contribution < 1.29 is 8.78 Å². The van der Waals surface area contributed by atoms with Gasteiger partial charge < -0.3 is 9.55 Å². The van der Waals surface area contributed by atoms with Crippen molar-refractivity contribution in [1.82, 2.24) is 9.55 Å². The maximum Gasteiger partial charge on any atom is 0.178 e. The molecule has 0 aliphatic rings. The lowest BCUT2D eigenvalue weighted by Crippen LogP contribution is -2.01. The Morgan fingerprint density at radius 1 is 1.14 bits per heavy atom. The third-order valence-corrected chi connectivity index (χ3v) is 3.55.